The second kappa shape index (κ2) is 7.56. The topological polar surface area (TPSA) is 39.7 Å². The molecule has 3 saturated heterocycles. The summed E-state index contributed by atoms with van der Waals surface area (Å²) in [4.78, 5) is 25.7. The van der Waals surface area contributed by atoms with Gasteiger partial charge in [-0.05, 0) is 52.5 Å². The van der Waals surface area contributed by atoms with E-state index in [1.54, 1.807) is 11.3 Å². The Kier molecular flexibility index (Phi) is 5.35. The summed E-state index contributed by atoms with van der Waals surface area (Å²) < 4.78 is 0. The van der Waals surface area contributed by atoms with Gasteiger partial charge in [0.2, 0.25) is 0 Å². The van der Waals surface area contributed by atoms with Gasteiger partial charge in [0.05, 0.1) is 10.7 Å². The number of rotatable bonds is 4. The molecule has 1 amide bonds. The lowest BCUT2D eigenvalue weighted by atomic mass is 9.96. The van der Waals surface area contributed by atoms with Gasteiger partial charge in [0.1, 0.15) is 4.88 Å². The van der Waals surface area contributed by atoms with Gasteiger partial charge < -0.3 is 9.80 Å². The summed E-state index contributed by atoms with van der Waals surface area (Å²) in [6, 6.07) is 2.30. The lowest BCUT2D eigenvalue weighted by molar-refractivity contribution is 0.0345. The van der Waals surface area contributed by atoms with Crippen LogP contribution in [0.2, 0.25) is 0 Å². The average Bonchev–Trinajstić information content (AvgIpc) is 3.08. The standard InChI is InChI=1S/C20H32N4OS/c1-4-5-18-21-14(2)19(26-18)20(25)24-10-8-23(9-11-24)17-12-15-6-7-16(13-17)22(15)3/h15-17H,4-13H2,1-3H3/t15-,16+,17?. The molecule has 0 saturated carbocycles. The van der Waals surface area contributed by atoms with Crippen molar-refractivity contribution in [3.05, 3.63) is 15.6 Å². The molecule has 3 fully saturated rings. The Balaban J connectivity index is 1.34. The Morgan fingerprint density at radius 1 is 1.12 bits per heavy atom. The van der Waals surface area contributed by atoms with Crippen LogP contribution < -0.4 is 0 Å². The average molecular weight is 377 g/mol. The van der Waals surface area contributed by atoms with E-state index in [2.05, 4.69) is 33.7 Å². The zero-order valence-electron chi connectivity index (χ0n) is 16.4. The van der Waals surface area contributed by atoms with Gasteiger partial charge in [-0.25, -0.2) is 4.98 Å². The minimum atomic E-state index is 0.199. The van der Waals surface area contributed by atoms with E-state index in [1.165, 1.54) is 25.7 Å². The number of carbonyl (C=O) groups is 1. The summed E-state index contributed by atoms with van der Waals surface area (Å²) in [6.07, 6.45) is 7.44. The molecule has 3 aliphatic heterocycles. The van der Waals surface area contributed by atoms with Crippen LogP contribution in [0.15, 0.2) is 0 Å². The molecule has 144 valence electrons. The number of hydrogen-bond donors (Lipinski definition) is 0. The zero-order valence-corrected chi connectivity index (χ0v) is 17.2. The molecule has 0 radical (unpaired) electrons. The van der Waals surface area contributed by atoms with Crippen molar-refractivity contribution in [2.45, 2.75) is 70.5 Å². The number of amides is 1. The molecular formula is C20H32N4OS. The van der Waals surface area contributed by atoms with E-state index in [0.29, 0.717) is 0 Å². The molecule has 4 heterocycles. The Bertz CT molecular complexity index is 638. The van der Waals surface area contributed by atoms with Crippen LogP contribution in [0.1, 0.15) is 59.4 Å². The molecule has 2 bridgehead atoms. The molecule has 0 N–H and O–H groups in total. The minimum Gasteiger partial charge on any atom is -0.335 e. The maximum absolute atomic E-state index is 12.9. The molecule has 4 rings (SSSR count). The highest BCUT2D eigenvalue weighted by Gasteiger charge is 2.41. The van der Waals surface area contributed by atoms with Gasteiger partial charge >= 0.3 is 0 Å². The number of thiazole rings is 1. The van der Waals surface area contributed by atoms with Crippen molar-refractivity contribution in [2.24, 2.45) is 0 Å². The lowest BCUT2D eigenvalue weighted by Crippen LogP contribution is -2.55. The van der Waals surface area contributed by atoms with Crippen LogP contribution in [0.3, 0.4) is 0 Å². The summed E-state index contributed by atoms with van der Waals surface area (Å²) in [6.45, 7) is 7.92. The van der Waals surface area contributed by atoms with Gasteiger partial charge in [-0.2, -0.15) is 0 Å². The fraction of sp³-hybridized carbons (Fsp3) is 0.800. The number of hydrogen-bond acceptors (Lipinski definition) is 5. The van der Waals surface area contributed by atoms with E-state index in [1.807, 2.05) is 6.92 Å². The predicted octanol–water partition coefficient (Wildman–Crippen LogP) is 2.79. The quantitative estimate of drug-likeness (QED) is 0.810. The van der Waals surface area contributed by atoms with Crippen LogP contribution in [0.25, 0.3) is 0 Å². The third-order valence-electron chi connectivity index (χ3n) is 6.69. The van der Waals surface area contributed by atoms with Gasteiger partial charge in [0.15, 0.2) is 0 Å². The van der Waals surface area contributed by atoms with Crippen molar-refractivity contribution in [3.63, 3.8) is 0 Å². The summed E-state index contributed by atoms with van der Waals surface area (Å²) in [5.41, 5.74) is 0.915. The van der Waals surface area contributed by atoms with Crippen molar-refractivity contribution in [3.8, 4) is 0 Å². The highest BCUT2D eigenvalue weighted by Crippen LogP contribution is 2.36. The molecule has 3 atom stereocenters. The summed E-state index contributed by atoms with van der Waals surface area (Å²) >= 11 is 1.60. The molecule has 0 aromatic carbocycles. The molecular weight excluding hydrogens is 344 g/mol. The van der Waals surface area contributed by atoms with E-state index < -0.39 is 0 Å². The molecule has 6 heteroatoms. The number of carbonyl (C=O) groups excluding carboxylic acids is 1. The monoisotopic (exact) mass is 376 g/mol. The minimum absolute atomic E-state index is 0.199. The SMILES string of the molecule is CCCc1nc(C)c(C(=O)N2CCN(C3C[C@H]4CC[C@@H](C3)N4C)CC2)s1. The number of piperidine rings is 1. The second-order valence-electron chi connectivity index (χ2n) is 8.28. The molecule has 0 spiro atoms. The van der Waals surface area contributed by atoms with Crippen LogP contribution in [0.4, 0.5) is 0 Å². The van der Waals surface area contributed by atoms with Crippen LogP contribution in [0.5, 0.6) is 0 Å². The third kappa shape index (κ3) is 3.43. The number of aromatic nitrogens is 1. The van der Waals surface area contributed by atoms with Gasteiger partial charge in [-0.3, -0.25) is 9.69 Å². The Morgan fingerprint density at radius 2 is 1.77 bits per heavy atom. The first kappa shape index (κ1) is 18.4. The van der Waals surface area contributed by atoms with Crippen molar-refractivity contribution in [1.29, 1.82) is 0 Å². The first-order valence-corrected chi connectivity index (χ1v) is 11.1. The summed E-state index contributed by atoms with van der Waals surface area (Å²) in [5, 5.41) is 1.11. The maximum Gasteiger partial charge on any atom is 0.265 e. The van der Waals surface area contributed by atoms with Crippen LogP contribution in [0, 0.1) is 6.92 Å². The third-order valence-corrected chi connectivity index (χ3v) is 7.90. The zero-order chi connectivity index (χ0) is 18.3. The van der Waals surface area contributed by atoms with E-state index in [9.17, 15) is 4.79 Å². The largest absolute Gasteiger partial charge is 0.335 e. The molecule has 1 aromatic heterocycles. The predicted molar refractivity (Wildman–Crippen MR) is 106 cm³/mol. The van der Waals surface area contributed by atoms with Gasteiger partial charge in [-0.15, -0.1) is 11.3 Å². The smallest absolute Gasteiger partial charge is 0.265 e. The van der Waals surface area contributed by atoms with E-state index in [4.69, 9.17) is 0 Å². The molecule has 26 heavy (non-hydrogen) atoms. The summed E-state index contributed by atoms with van der Waals surface area (Å²) in [7, 11) is 2.30. The van der Waals surface area contributed by atoms with Crippen LogP contribution >= 0.6 is 11.3 Å². The number of aryl methyl sites for hydroxylation is 2. The van der Waals surface area contributed by atoms with Gasteiger partial charge in [0, 0.05) is 44.3 Å². The lowest BCUT2D eigenvalue weighted by Gasteiger charge is -2.45. The highest BCUT2D eigenvalue weighted by molar-refractivity contribution is 7.13. The molecule has 1 unspecified atom stereocenters. The fourth-order valence-electron chi connectivity index (χ4n) is 5.09. The maximum atomic E-state index is 12.9. The summed E-state index contributed by atoms with van der Waals surface area (Å²) in [5.74, 6) is 0.199. The first-order valence-electron chi connectivity index (χ1n) is 10.3. The normalized spacial score (nSPS) is 30.1. The Hall–Kier alpha value is -0.980. The van der Waals surface area contributed by atoms with Crippen LogP contribution in [-0.4, -0.2) is 76.9 Å². The second-order valence-corrected chi connectivity index (χ2v) is 9.36. The van der Waals surface area contributed by atoms with E-state index in [0.717, 1.165) is 72.7 Å². The number of fused-ring (bicyclic) bond motifs is 2. The van der Waals surface area contributed by atoms with E-state index >= 15 is 0 Å². The first-order chi connectivity index (χ1) is 12.6. The molecule has 0 aliphatic carbocycles. The van der Waals surface area contributed by atoms with Crippen molar-refractivity contribution in [1.82, 2.24) is 19.7 Å². The van der Waals surface area contributed by atoms with Crippen molar-refractivity contribution >= 4 is 17.2 Å². The van der Waals surface area contributed by atoms with Gasteiger partial charge in [-0.1, -0.05) is 6.92 Å². The molecule has 5 nitrogen and oxygen atoms in total. The van der Waals surface area contributed by atoms with Crippen molar-refractivity contribution < 1.29 is 4.79 Å². The Morgan fingerprint density at radius 3 is 2.38 bits per heavy atom. The highest BCUT2D eigenvalue weighted by atomic mass is 32.1. The number of nitrogens with zero attached hydrogens (tertiary/aromatic N) is 4. The molecule has 1 aromatic rings. The number of piperazine rings is 1. The Labute approximate surface area is 161 Å². The van der Waals surface area contributed by atoms with E-state index in [-0.39, 0.29) is 5.91 Å². The molecule has 3 aliphatic rings. The van der Waals surface area contributed by atoms with Crippen LogP contribution in [-0.2, 0) is 6.42 Å². The van der Waals surface area contributed by atoms with Crippen molar-refractivity contribution in [2.75, 3.05) is 33.2 Å². The fourth-order valence-corrected chi connectivity index (χ4v) is 6.22. The van der Waals surface area contributed by atoms with Gasteiger partial charge in [0.25, 0.3) is 5.91 Å².